The van der Waals surface area contributed by atoms with Gasteiger partial charge in [0.05, 0.1) is 32.7 Å². The Hall–Kier alpha value is -0.990. The molecule has 1 fully saturated rings. The van der Waals surface area contributed by atoms with Crippen LogP contribution in [-0.4, -0.2) is 31.2 Å². The molecule has 6 nitrogen and oxygen atoms in total. The molecule has 0 spiro atoms. The zero-order chi connectivity index (χ0) is 15.0. The van der Waals surface area contributed by atoms with Crippen LogP contribution in [0.15, 0.2) is 14.8 Å². The molecular formula is C12H12Cl2N4O2S. The van der Waals surface area contributed by atoms with Crippen molar-refractivity contribution in [2.24, 2.45) is 8.73 Å². The molecule has 2 heterocycles. The molecule has 0 aromatic heterocycles. The average Bonchev–Trinajstić information content (AvgIpc) is 2.88. The zero-order valence-corrected chi connectivity index (χ0v) is 13.4. The lowest BCUT2D eigenvalue weighted by molar-refractivity contribution is -0.130. The van der Waals surface area contributed by atoms with E-state index in [2.05, 4.69) is 19.4 Å². The summed E-state index contributed by atoms with van der Waals surface area (Å²) in [6.07, 6.45) is 0. The molecule has 1 aromatic carbocycles. The smallest absolute Gasteiger partial charge is 0.250 e. The Bertz CT molecular complexity index is 684. The lowest BCUT2D eigenvalue weighted by Gasteiger charge is -2.38. The molecule has 0 unspecified atom stereocenters. The molecule has 3 rings (SSSR count). The molecule has 9 heteroatoms. The summed E-state index contributed by atoms with van der Waals surface area (Å²) in [7, 11) is 0. The number of nitrogens with one attached hydrogen (secondary N) is 2. The van der Waals surface area contributed by atoms with Crippen LogP contribution >= 0.6 is 23.2 Å². The van der Waals surface area contributed by atoms with Gasteiger partial charge in [-0.3, -0.25) is 4.79 Å². The van der Waals surface area contributed by atoms with E-state index in [0.29, 0.717) is 27.1 Å². The molecule has 0 aliphatic carbocycles. The number of benzene rings is 1. The Kier molecular flexibility index (Phi) is 4.02. The van der Waals surface area contributed by atoms with Gasteiger partial charge in [-0.15, -0.1) is 0 Å². The number of anilines is 1. The summed E-state index contributed by atoms with van der Waals surface area (Å²) in [5.74, 6) is -0.290. The first kappa shape index (κ1) is 14.9. The molecule has 0 saturated carbocycles. The third-order valence-electron chi connectivity index (χ3n) is 3.26. The normalized spacial score (nSPS) is 17.9. The lowest BCUT2D eigenvalue weighted by Crippen LogP contribution is -2.59. The maximum absolute atomic E-state index is 12.0. The van der Waals surface area contributed by atoms with Gasteiger partial charge in [0.25, 0.3) is 0 Å². The molecule has 1 amide bonds. The topological polar surface area (TPSA) is 75.1 Å². The first-order valence-electron chi connectivity index (χ1n) is 6.23. The lowest BCUT2D eigenvalue weighted by atomic mass is 10.0. The minimum atomic E-state index is -0.290. The summed E-state index contributed by atoms with van der Waals surface area (Å²) in [6, 6.07) is 1.54. The van der Waals surface area contributed by atoms with Crippen molar-refractivity contribution < 1.29 is 9.53 Å². The largest absolute Gasteiger partial charge is 0.363 e. The second-order valence-electron chi connectivity index (χ2n) is 5.07. The monoisotopic (exact) mass is 346 g/mol. The highest BCUT2D eigenvalue weighted by Crippen LogP contribution is 2.47. The molecule has 1 saturated heterocycles. The third-order valence-corrected chi connectivity index (χ3v) is 4.37. The minimum absolute atomic E-state index is 0.0454. The van der Waals surface area contributed by atoms with Gasteiger partial charge in [-0.2, -0.15) is 8.73 Å². The molecule has 2 N–H and O–H groups in total. The minimum Gasteiger partial charge on any atom is -0.363 e. The fourth-order valence-electron chi connectivity index (χ4n) is 1.99. The van der Waals surface area contributed by atoms with E-state index in [1.807, 2.05) is 6.92 Å². The van der Waals surface area contributed by atoms with Crippen LogP contribution in [0.1, 0.15) is 6.92 Å². The van der Waals surface area contributed by atoms with Crippen molar-refractivity contribution in [1.82, 2.24) is 5.32 Å². The van der Waals surface area contributed by atoms with Crippen LogP contribution in [0.5, 0.6) is 0 Å². The van der Waals surface area contributed by atoms with Gasteiger partial charge in [0.1, 0.15) is 18.0 Å². The van der Waals surface area contributed by atoms with E-state index in [1.165, 1.54) is 0 Å². The number of hydrogen-bond donors (Lipinski definition) is 2. The number of fused-ring (bicyclic) bond motifs is 1. The highest BCUT2D eigenvalue weighted by molar-refractivity contribution is 7.58. The number of halogens is 2. The molecule has 21 heavy (non-hydrogen) atoms. The van der Waals surface area contributed by atoms with Gasteiger partial charge in [-0.25, -0.2) is 0 Å². The summed E-state index contributed by atoms with van der Waals surface area (Å²) in [5, 5.41) is 6.55. The first-order valence-corrected chi connectivity index (χ1v) is 7.72. The molecule has 112 valence electrons. The molecular weight excluding hydrogens is 335 g/mol. The Morgan fingerprint density at radius 2 is 2.14 bits per heavy atom. The number of rotatable bonds is 4. The van der Waals surface area contributed by atoms with Crippen molar-refractivity contribution in [3.63, 3.8) is 0 Å². The van der Waals surface area contributed by atoms with Crippen LogP contribution in [0.4, 0.5) is 17.1 Å². The molecule has 0 radical (unpaired) electrons. The zero-order valence-electron chi connectivity index (χ0n) is 11.1. The first-order chi connectivity index (χ1) is 9.98. The maximum Gasteiger partial charge on any atom is 0.250 e. The van der Waals surface area contributed by atoms with Crippen molar-refractivity contribution in [2.75, 3.05) is 25.0 Å². The van der Waals surface area contributed by atoms with E-state index in [1.54, 1.807) is 6.07 Å². The Labute approximate surface area is 135 Å². The quantitative estimate of drug-likeness (QED) is 0.893. The van der Waals surface area contributed by atoms with E-state index in [-0.39, 0.29) is 18.1 Å². The van der Waals surface area contributed by atoms with Crippen LogP contribution in [-0.2, 0) is 20.9 Å². The molecule has 1 aromatic rings. The second kappa shape index (κ2) is 5.66. The standard InChI is InChI=1S/C12H12Cl2N4O2S/c1-12(4-15-5-12)20-3-8(19)16-9-6(13)2-7(14)10-11(9)18-21-17-10/h2,15H,3-5H2,1H3,(H,16,19). The van der Waals surface area contributed by atoms with Crippen molar-refractivity contribution in [3.8, 4) is 0 Å². The summed E-state index contributed by atoms with van der Waals surface area (Å²) in [4.78, 5) is 12.0. The highest BCUT2D eigenvalue weighted by Gasteiger charge is 2.33. The van der Waals surface area contributed by atoms with E-state index >= 15 is 0 Å². The Balaban J connectivity index is 1.72. The Morgan fingerprint density at radius 1 is 1.43 bits per heavy atom. The Morgan fingerprint density at radius 3 is 2.81 bits per heavy atom. The molecule has 0 atom stereocenters. The summed E-state index contributed by atoms with van der Waals surface area (Å²) < 4.78 is 13.8. The molecule has 2 aliphatic heterocycles. The van der Waals surface area contributed by atoms with Crippen LogP contribution in [0.2, 0.25) is 10.0 Å². The fourth-order valence-corrected chi connectivity index (χ4v) is 3.15. The average molecular weight is 347 g/mol. The second-order valence-corrected chi connectivity index (χ2v) is 6.41. The van der Waals surface area contributed by atoms with Crippen LogP contribution in [0.25, 0.3) is 0 Å². The van der Waals surface area contributed by atoms with E-state index in [4.69, 9.17) is 27.9 Å². The van der Waals surface area contributed by atoms with Crippen LogP contribution in [0.3, 0.4) is 0 Å². The highest BCUT2D eigenvalue weighted by atomic mass is 35.5. The molecule has 0 bridgehead atoms. The number of carbonyl (C=O) groups is 1. The van der Waals surface area contributed by atoms with Gasteiger partial charge in [-0.1, -0.05) is 23.2 Å². The van der Waals surface area contributed by atoms with Crippen LogP contribution in [0, 0.1) is 0 Å². The van der Waals surface area contributed by atoms with E-state index in [0.717, 1.165) is 24.4 Å². The SMILES string of the molecule is CC1(OCC(=O)Nc2c(Cl)cc(Cl)c3c2N=S=N3)CNC1. The number of amides is 1. The number of ether oxygens (including phenoxy) is 1. The summed E-state index contributed by atoms with van der Waals surface area (Å²) >= 11 is 13.2. The summed E-state index contributed by atoms with van der Waals surface area (Å²) in [5.41, 5.74) is 1.15. The fraction of sp³-hybridized carbons (Fsp3) is 0.417. The summed E-state index contributed by atoms with van der Waals surface area (Å²) in [6.45, 7) is 3.38. The number of nitrogens with zero attached hydrogens (tertiary/aromatic N) is 2. The van der Waals surface area contributed by atoms with Crippen molar-refractivity contribution >= 4 is 57.5 Å². The van der Waals surface area contributed by atoms with Crippen molar-refractivity contribution in [2.45, 2.75) is 12.5 Å². The third kappa shape index (κ3) is 2.97. The van der Waals surface area contributed by atoms with E-state index in [9.17, 15) is 4.79 Å². The van der Waals surface area contributed by atoms with Gasteiger partial charge >= 0.3 is 0 Å². The van der Waals surface area contributed by atoms with E-state index < -0.39 is 0 Å². The van der Waals surface area contributed by atoms with Crippen molar-refractivity contribution in [3.05, 3.63) is 16.1 Å². The predicted octanol–water partition coefficient (Wildman–Crippen LogP) is 3.04. The van der Waals surface area contributed by atoms with Gasteiger partial charge in [0, 0.05) is 13.1 Å². The van der Waals surface area contributed by atoms with Crippen molar-refractivity contribution in [1.29, 1.82) is 0 Å². The predicted molar refractivity (Wildman–Crippen MR) is 83.9 cm³/mol. The van der Waals surface area contributed by atoms with Crippen LogP contribution < -0.4 is 10.6 Å². The van der Waals surface area contributed by atoms with Gasteiger partial charge in [-0.05, 0) is 13.0 Å². The molecule has 2 aliphatic rings. The number of hydrogen-bond acceptors (Lipinski definition) is 5. The van der Waals surface area contributed by atoms with Gasteiger partial charge in [0.2, 0.25) is 5.91 Å². The van der Waals surface area contributed by atoms with Gasteiger partial charge in [0.15, 0.2) is 0 Å². The maximum atomic E-state index is 12.0. The van der Waals surface area contributed by atoms with Gasteiger partial charge < -0.3 is 15.4 Å². The number of carbonyl (C=O) groups excluding carboxylic acids is 1.